The third-order valence-electron chi connectivity index (χ3n) is 2.99. The highest BCUT2D eigenvalue weighted by Gasteiger charge is 2.14. The lowest BCUT2D eigenvalue weighted by Gasteiger charge is -2.09. The summed E-state index contributed by atoms with van der Waals surface area (Å²) < 4.78 is 0. The van der Waals surface area contributed by atoms with Crippen LogP contribution in [0.15, 0.2) is 6.20 Å². The third kappa shape index (κ3) is 3.28. The summed E-state index contributed by atoms with van der Waals surface area (Å²) >= 11 is 1.87. The first kappa shape index (κ1) is 11.1. The molecular weight excluding hydrogens is 204 g/mol. The minimum absolute atomic E-state index is 0.765. The maximum absolute atomic E-state index is 4.43. The summed E-state index contributed by atoms with van der Waals surface area (Å²) in [7, 11) is 0. The minimum Gasteiger partial charge on any atom is -0.309 e. The zero-order valence-electron chi connectivity index (χ0n) is 9.46. The molecule has 1 aromatic heterocycles. The highest BCUT2D eigenvalue weighted by molar-refractivity contribution is 7.11. The largest absolute Gasteiger partial charge is 0.309 e. The van der Waals surface area contributed by atoms with Crippen LogP contribution in [0.3, 0.4) is 0 Å². The normalized spacial score (nSPS) is 17.4. The van der Waals surface area contributed by atoms with Crippen molar-refractivity contribution in [3.05, 3.63) is 16.1 Å². The van der Waals surface area contributed by atoms with Crippen LogP contribution in [-0.4, -0.2) is 11.0 Å². The first-order valence-corrected chi connectivity index (χ1v) is 6.87. The molecule has 15 heavy (non-hydrogen) atoms. The number of aryl methyl sites for hydroxylation is 1. The average molecular weight is 224 g/mol. The molecule has 1 fully saturated rings. The second kappa shape index (κ2) is 5.61. The van der Waals surface area contributed by atoms with Crippen molar-refractivity contribution < 1.29 is 0 Å². The van der Waals surface area contributed by atoms with Crippen molar-refractivity contribution >= 4 is 11.3 Å². The van der Waals surface area contributed by atoms with Gasteiger partial charge in [0.2, 0.25) is 0 Å². The van der Waals surface area contributed by atoms with E-state index in [-0.39, 0.29) is 0 Å². The number of nitrogens with one attached hydrogen (secondary N) is 1. The number of hydrogen-bond donors (Lipinski definition) is 1. The Balaban J connectivity index is 1.77. The molecule has 1 heterocycles. The Morgan fingerprint density at radius 3 is 3.00 bits per heavy atom. The molecule has 0 spiro atoms. The van der Waals surface area contributed by atoms with Crippen molar-refractivity contribution in [1.29, 1.82) is 0 Å². The lowest BCUT2D eigenvalue weighted by molar-refractivity contribution is 0.527. The molecule has 0 bridgehead atoms. The topological polar surface area (TPSA) is 24.9 Å². The summed E-state index contributed by atoms with van der Waals surface area (Å²) in [5, 5.41) is 4.92. The van der Waals surface area contributed by atoms with Gasteiger partial charge in [0.25, 0.3) is 0 Å². The summed E-state index contributed by atoms with van der Waals surface area (Å²) in [5.74, 6) is 0. The molecule has 2 rings (SSSR count). The summed E-state index contributed by atoms with van der Waals surface area (Å²) in [6, 6.07) is 0.765. The molecule has 84 valence electrons. The Kier molecular flexibility index (Phi) is 4.15. The van der Waals surface area contributed by atoms with Gasteiger partial charge in [-0.1, -0.05) is 19.8 Å². The zero-order valence-corrected chi connectivity index (χ0v) is 10.3. The Morgan fingerprint density at radius 1 is 1.47 bits per heavy atom. The monoisotopic (exact) mass is 224 g/mol. The molecule has 0 atom stereocenters. The molecular formula is C12H20N2S. The predicted octanol–water partition coefficient (Wildman–Crippen LogP) is 3.13. The molecule has 1 aliphatic carbocycles. The van der Waals surface area contributed by atoms with Crippen LogP contribution in [0.5, 0.6) is 0 Å². The van der Waals surface area contributed by atoms with E-state index < -0.39 is 0 Å². The number of hydrogen-bond acceptors (Lipinski definition) is 3. The Hall–Kier alpha value is -0.410. The van der Waals surface area contributed by atoms with Gasteiger partial charge in [-0.15, -0.1) is 11.3 Å². The maximum Gasteiger partial charge on any atom is 0.0928 e. The first-order chi connectivity index (χ1) is 7.38. The van der Waals surface area contributed by atoms with Crippen LogP contribution in [-0.2, 0) is 13.0 Å². The van der Waals surface area contributed by atoms with E-state index in [1.54, 1.807) is 0 Å². The van der Waals surface area contributed by atoms with E-state index in [0.717, 1.165) is 19.0 Å². The van der Waals surface area contributed by atoms with Gasteiger partial charge in [0.05, 0.1) is 5.01 Å². The Labute approximate surface area is 96.1 Å². The molecule has 0 unspecified atom stereocenters. The second-order valence-corrected chi connectivity index (χ2v) is 5.53. The zero-order chi connectivity index (χ0) is 10.5. The number of aromatic nitrogens is 1. The highest BCUT2D eigenvalue weighted by atomic mass is 32.1. The molecule has 0 aromatic carbocycles. The van der Waals surface area contributed by atoms with Gasteiger partial charge in [-0.2, -0.15) is 0 Å². The van der Waals surface area contributed by atoms with Crippen molar-refractivity contribution in [1.82, 2.24) is 10.3 Å². The highest BCUT2D eigenvalue weighted by Crippen LogP contribution is 2.19. The van der Waals surface area contributed by atoms with E-state index in [1.165, 1.54) is 42.0 Å². The van der Waals surface area contributed by atoms with Gasteiger partial charge in [0.1, 0.15) is 0 Å². The van der Waals surface area contributed by atoms with E-state index in [0.29, 0.717) is 0 Å². The summed E-state index contributed by atoms with van der Waals surface area (Å²) in [5.41, 5.74) is 0. The predicted molar refractivity (Wildman–Crippen MR) is 65.2 cm³/mol. The Bertz CT molecular complexity index is 290. The fraction of sp³-hybridized carbons (Fsp3) is 0.750. The molecule has 1 aromatic rings. The molecule has 1 N–H and O–H groups in total. The minimum atomic E-state index is 0.765. The van der Waals surface area contributed by atoms with Crippen molar-refractivity contribution in [2.75, 3.05) is 0 Å². The van der Waals surface area contributed by atoms with Crippen molar-refractivity contribution in [2.24, 2.45) is 0 Å². The summed E-state index contributed by atoms with van der Waals surface area (Å²) in [6.45, 7) is 3.23. The van der Waals surface area contributed by atoms with Crippen molar-refractivity contribution in [3.8, 4) is 0 Å². The van der Waals surface area contributed by atoms with E-state index in [4.69, 9.17) is 0 Å². The maximum atomic E-state index is 4.43. The summed E-state index contributed by atoms with van der Waals surface area (Å²) in [4.78, 5) is 5.82. The van der Waals surface area contributed by atoms with Gasteiger partial charge in [-0.25, -0.2) is 4.98 Å². The van der Waals surface area contributed by atoms with Gasteiger partial charge in [-0.3, -0.25) is 0 Å². The molecule has 1 saturated carbocycles. The van der Waals surface area contributed by atoms with Gasteiger partial charge >= 0.3 is 0 Å². The smallest absolute Gasteiger partial charge is 0.0928 e. The van der Waals surface area contributed by atoms with E-state index in [1.807, 2.05) is 17.5 Å². The van der Waals surface area contributed by atoms with Gasteiger partial charge in [0.15, 0.2) is 0 Å². The first-order valence-electron chi connectivity index (χ1n) is 6.05. The van der Waals surface area contributed by atoms with Gasteiger partial charge in [0, 0.05) is 23.7 Å². The second-order valence-electron chi connectivity index (χ2n) is 4.33. The molecule has 1 aliphatic rings. The van der Waals surface area contributed by atoms with Crippen LogP contribution in [0.2, 0.25) is 0 Å². The van der Waals surface area contributed by atoms with Crippen molar-refractivity contribution in [2.45, 2.75) is 58.0 Å². The molecule has 2 nitrogen and oxygen atoms in total. The van der Waals surface area contributed by atoms with E-state index in [9.17, 15) is 0 Å². The van der Waals surface area contributed by atoms with Crippen LogP contribution in [0.25, 0.3) is 0 Å². The van der Waals surface area contributed by atoms with Crippen LogP contribution in [0.4, 0.5) is 0 Å². The van der Waals surface area contributed by atoms with E-state index >= 15 is 0 Å². The lowest BCUT2D eigenvalue weighted by atomic mass is 10.2. The van der Waals surface area contributed by atoms with Crippen LogP contribution >= 0.6 is 11.3 Å². The molecule has 0 saturated heterocycles. The van der Waals surface area contributed by atoms with Crippen LogP contribution in [0.1, 0.15) is 48.9 Å². The lowest BCUT2D eigenvalue weighted by Crippen LogP contribution is -2.24. The summed E-state index contributed by atoms with van der Waals surface area (Å²) in [6.07, 6.45) is 9.90. The van der Waals surface area contributed by atoms with Crippen LogP contribution in [0, 0.1) is 0 Å². The molecule has 0 aliphatic heterocycles. The fourth-order valence-corrected chi connectivity index (χ4v) is 3.11. The third-order valence-corrected chi connectivity index (χ3v) is 4.04. The van der Waals surface area contributed by atoms with Crippen molar-refractivity contribution in [3.63, 3.8) is 0 Å². The Morgan fingerprint density at radius 2 is 2.27 bits per heavy atom. The number of nitrogens with zero attached hydrogens (tertiary/aromatic N) is 1. The molecule has 0 amide bonds. The molecule has 3 heteroatoms. The van der Waals surface area contributed by atoms with E-state index in [2.05, 4.69) is 17.2 Å². The number of thiazole rings is 1. The van der Waals surface area contributed by atoms with Crippen LogP contribution < -0.4 is 5.32 Å². The van der Waals surface area contributed by atoms with Gasteiger partial charge in [-0.05, 0) is 25.7 Å². The SMILES string of the molecule is CCCc1ncc(CNC2CCCC2)s1. The molecule has 0 radical (unpaired) electrons. The average Bonchev–Trinajstić information content (AvgIpc) is 2.85. The number of rotatable bonds is 5. The quantitative estimate of drug-likeness (QED) is 0.831. The van der Waals surface area contributed by atoms with Gasteiger partial charge < -0.3 is 5.32 Å². The fourth-order valence-electron chi connectivity index (χ4n) is 2.13. The standard InChI is InChI=1S/C12H20N2S/c1-2-5-12-14-9-11(15-12)8-13-10-6-3-4-7-10/h9-10,13H,2-8H2,1H3.